The Hall–Kier alpha value is -1.72. The SMILES string of the molecule is CC(C)=CCO[C@H]1CCOC[C@H]1NS(=O)(=O)c1ccccc1C#N. The third-order valence-electron chi connectivity index (χ3n) is 3.70. The Morgan fingerprint density at radius 2 is 2.21 bits per heavy atom. The molecule has 1 fully saturated rings. The second kappa shape index (κ2) is 8.40. The summed E-state index contributed by atoms with van der Waals surface area (Å²) < 4.78 is 39.1. The number of hydrogen-bond donors (Lipinski definition) is 1. The zero-order chi connectivity index (χ0) is 17.6. The Kier molecular flexibility index (Phi) is 6.52. The molecule has 0 spiro atoms. The first kappa shape index (κ1) is 18.6. The fourth-order valence-corrected chi connectivity index (χ4v) is 3.83. The lowest BCUT2D eigenvalue weighted by Gasteiger charge is -2.31. The monoisotopic (exact) mass is 350 g/mol. The molecule has 1 aromatic rings. The average Bonchev–Trinajstić information content (AvgIpc) is 2.56. The summed E-state index contributed by atoms with van der Waals surface area (Å²) in [4.78, 5) is -0.0267. The van der Waals surface area contributed by atoms with Gasteiger partial charge in [0, 0.05) is 6.61 Å². The van der Waals surface area contributed by atoms with Crippen LogP contribution in [0.5, 0.6) is 0 Å². The van der Waals surface area contributed by atoms with E-state index in [0.717, 1.165) is 5.57 Å². The Morgan fingerprint density at radius 1 is 1.46 bits per heavy atom. The van der Waals surface area contributed by atoms with Crippen molar-refractivity contribution < 1.29 is 17.9 Å². The number of nitrogens with one attached hydrogen (secondary N) is 1. The van der Waals surface area contributed by atoms with Crippen molar-refractivity contribution in [1.29, 1.82) is 5.26 Å². The molecule has 130 valence electrons. The van der Waals surface area contributed by atoms with Crippen molar-refractivity contribution >= 4 is 10.0 Å². The molecular weight excluding hydrogens is 328 g/mol. The lowest BCUT2D eigenvalue weighted by molar-refractivity contribution is -0.0418. The van der Waals surface area contributed by atoms with Crippen molar-refractivity contribution in [2.45, 2.75) is 37.3 Å². The maximum absolute atomic E-state index is 12.6. The third-order valence-corrected chi connectivity index (χ3v) is 5.25. The summed E-state index contributed by atoms with van der Waals surface area (Å²) in [5.41, 5.74) is 1.26. The molecule has 1 saturated heterocycles. The highest BCUT2D eigenvalue weighted by Gasteiger charge is 2.31. The maximum Gasteiger partial charge on any atom is 0.242 e. The van der Waals surface area contributed by atoms with Gasteiger partial charge in [-0.3, -0.25) is 0 Å². The lowest BCUT2D eigenvalue weighted by atomic mass is 10.1. The first-order chi connectivity index (χ1) is 11.4. The van der Waals surface area contributed by atoms with Gasteiger partial charge in [-0.25, -0.2) is 13.1 Å². The summed E-state index contributed by atoms with van der Waals surface area (Å²) in [6, 6.07) is 7.55. The molecule has 24 heavy (non-hydrogen) atoms. The predicted octanol–water partition coefficient (Wildman–Crippen LogP) is 1.98. The normalized spacial score (nSPS) is 21.0. The van der Waals surface area contributed by atoms with Crippen molar-refractivity contribution in [1.82, 2.24) is 4.72 Å². The van der Waals surface area contributed by atoms with Crippen LogP contribution in [0.3, 0.4) is 0 Å². The minimum absolute atomic E-state index is 0.0267. The highest BCUT2D eigenvalue weighted by molar-refractivity contribution is 7.89. The molecule has 7 heteroatoms. The van der Waals surface area contributed by atoms with Crippen molar-refractivity contribution in [3.8, 4) is 6.07 Å². The van der Waals surface area contributed by atoms with Crippen LogP contribution in [-0.2, 0) is 19.5 Å². The molecule has 2 atom stereocenters. The molecule has 0 unspecified atom stereocenters. The van der Waals surface area contributed by atoms with Crippen LogP contribution >= 0.6 is 0 Å². The zero-order valence-corrected chi connectivity index (χ0v) is 14.7. The van der Waals surface area contributed by atoms with E-state index < -0.39 is 16.1 Å². The number of allylic oxidation sites excluding steroid dienone is 1. The molecule has 2 rings (SSSR count). The topological polar surface area (TPSA) is 88.4 Å². The number of rotatable bonds is 6. The summed E-state index contributed by atoms with van der Waals surface area (Å²) >= 11 is 0. The van der Waals surface area contributed by atoms with Crippen LogP contribution in [0.4, 0.5) is 0 Å². The van der Waals surface area contributed by atoms with Gasteiger partial charge in [0.2, 0.25) is 10.0 Å². The molecule has 0 aromatic heterocycles. The second-order valence-electron chi connectivity index (χ2n) is 5.85. The first-order valence-corrected chi connectivity index (χ1v) is 9.26. The molecule has 6 nitrogen and oxygen atoms in total. The zero-order valence-electron chi connectivity index (χ0n) is 13.9. The van der Waals surface area contributed by atoms with Crippen LogP contribution in [0.25, 0.3) is 0 Å². The molecule has 0 amide bonds. The Bertz CT molecular complexity index is 733. The minimum atomic E-state index is -3.82. The standard InChI is InChI=1S/C17H22N2O4S/c1-13(2)7-10-23-16-8-9-22-12-15(16)19-24(20,21)17-6-4-3-5-14(17)11-18/h3-7,15-16,19H,8-10,12H2,1-2H3/t15-,16+/m1/s1. The molecule has 1 aromatic carbocycles. The molecule has 0 aliphatic carbocycles. The molecule has 1 N–H and O–H groups in total. The van der Waals surface area contributed by atoms with E-state index >= 15 is 0 Å². The molecule has 1 aliphatic heterocycles. The van der Waals surface area contributed by atoms with Crippen LogP contribution in [0.1, 0.15) is 25.8 Å². The van der Waals surface area contributed by atoms with Gasteiger partial charge >= 0.3 is 0 Å². The van der Waals surface area contributed by atoms with Crippen LogP contribution in [0, 0.1) is 11.3 Å². The van der Waals surface area contributed by atoms with Gasteiger partial charge in [-0.1, -0.05) is 23.8 Å². The minimum Gasteiger partial charge on any atom is -0.380 e. The van der Waals surface area contributed by atoms with Crippen molar-refractivity contribution in [3.05, 3.63) is 41.5 Å². The molecule has 1 aliphatic rings. The Balaban J connectivity index is 2.14. The third kappa shape index (κ3) is 4.89. The van der Waals surface area contributed by atoms with Crippen molar-refractivity contribution in [2.24, 2.45) is 0 Å². The second-order valence-corrected chi connectivity index (χ2v) is 7.53. The quantitative estimate of drug-likeness (QED) is 0.793. The highest BCUT2D eigenvalue weighted by Crippen LogP contribution is 2.18. The van der Waals surface area contributed by atoms with E-state index in [4.69, 9.17) is 14.7 Å². The average molecular weight is 350 g/mol. The lowest BCUT2D eigenvalue weighted by Crippen LogP contribution is -2.50. The fraction of sp³-hybridized carbons (Fsp3) is 0.471. The summed E-state index contributed by atoms with van der Waals surface area (Å²) in [5.74, 6) is 0. The molecule has 0 radical (unpaired) electrons. The van der Waals surface area contributed by atoms with E-state index in [2.05, 4.69) is 4.72 Å². The van der Waals surface area contributed by atoms with Crippen LogP contribution in [0.15, 0.2) is 40.8 Å². The summed E-state index contributed by atoms with van der Waals surface area (Å²) in [6.07, 6.45) is 2.30. The largest absolute Gasteiger partial charge is 0.380 e. The van der Waals surface area contributed by atoms with Gasteiger partial charge in [0.15, 0.2) is 0 Å². The van der Waals surface area contributed by atoms with Gasteiger partial charge in [-0.05, 0) is 32.4 Å². The van der Waals surface area contributed by atoms with E-state index in [0.29, 0.717) is 19.6 Å². The van der Waals surface area contributed by atoms with Gasteiger partial charge in [-0.2, -0.15) is 5.26 Å². The predicted molar refractivity (Wildman–Crippen MR) is 89.9 cm³/mol. The van der Waals surface area contributed by atoms with Gasteiger partial charge < -0.3 is 9.47 Å². The van der Waals surface area contributed by atoms with Crippen LogP contribution < -0.4 is 4.72 Å². The van der Waals surface area contributed by atoms with Gasteiger partial charge in [0.25, 0.3) is 0 Å². The molecule has 0 saturated carbocycles. The number of benzene rings is 1. The van der Waals surface area contributed by atoms with Gasteiger partial charge in [0.05, 0.1) is 35.8 Å². The van der Waals surface area contributed by atoms with Crippen LogP contribution in [0.2, 0.25) is 0 Å². The first-order valence-electron chi connectivity index (χ1n) is 7.78. The summed E-state index contributed by atoms with van der Waals surface area (Å²) in [7, 11) is -3.82. The van der Waals surface area contributed by atoms with Crippen molar-refractivity contribution in [2.75, 3.05) is 19.8 Å². The van der Waals surface area contributed by atoms with E-state index in [1.807, 2.05) is 26.0 Å². The van der Waals surface area contributed by atoms with Crippen molar-refractivity contribution in [3.63, 3.8) is 0 Å². The highest BCUT2D eigenvalue weighted by atomic mass is 32.2. The summed E-state index contributed by atoms with van der Waals surface area (Å²) in [6.45, 7) is 5.17. The van der Waals surface area contributed by atoms with E-state index in [9.17, 15) is 8.42 Å². The van der Waals surface area contributed by atoms with Crippen LogP contribution in [-0.4, -0.2) is 40.4 Å². The van der Waals surface area contributed by atoms with E-state index in [-0.39, 0.29) is 23.2 Å². The number of ether oxygens (including phenoxy) is 2. The van der Waals surface area contributed by atoms with Gasteiger partial charge in [-0.15, -0.1) is 0 Å². The molecule has 1 heterocycles. The summed E-state index contributed by atoms with van der Waals surface area (Å²) in [5, 5.41) is 9.11. The van der Waals surface area contributed by atoms with E-state index in [1.165, 1.54) is 12.1 Å². The Morgan fingerprint density at radius 3 is 2.92 bits per heavy atom. The smallest absolute Gasteiger partial charge is 0.242 e. The number of nitriles is 1. The molecule has 0 bridgehead atoms. The number of nitrogens with zero attached hydrogens (tertiary/aromatic N) is 1. The maximum atomic E-state index is 12.6. The fourth-order valence-electron chi connectivity index (χ4n) is 2.42. The Labute approximate surface area is 143 Å². The van der Waals surface area contributed by atoms with E-state index in [1.54, 1.807) is 12.1 Å². The number of hydrogen-bond acceptors (Lipinski definition) is 5. The molecular formula is C17H22N2O4S. The number of sulfonamides is 1. The van der Waals surface area contributed by atoms with Gasteiger partial charge in [0.1, 0.15) is 6.07 Å².